The number of nitrogens with one attached hydrogen (secondary N) is 3. The van der Waals surface area contributed by atoms with Gasteiger partial charge in [-0.1, -0.05) is 45.0 Å². The van der Waals surface area contributed by atoms with E-state index in [0.717, 1.165) is 55.1 Å². The van der Waals surface area contributed by atoms with Crippen molar-refractivity contribution in [3.63, 3.8) is 0 Å². The molecule has 0 bridgehead atoms. The number of aromatic amines is 1. The zero-order valence-corrected chi connectivity index (χ0v) is 21.3. The highest BCUT2D eigenvalue weighted by Crippen LogP contribution is 2.32. The number of benzene rings is 2. The number of rotatable bonds is 7. The Morgan fingerprint density at radius 3 is 2.42 bits per heavy atom. The van der Waals surface area contributed by atoms with Crippen LogP contribution in [0.2, 0.25) is 0 Å². The summed E-state index contributed by atoms with van der Waals surface area (Å²) in [4.78, 5) is 30.6. The summed E-state index contributed by atoms with van der Waals surface area (Å²) >= 11 is 0. The summed E-state index contributed by atoms with van der Waals surface area (Å²) < 4.78 is 16.4. The van der Waals surface area contributed by atoms with Crippen LogP contribution >= 0.6 is 0 Å². The van der Waals surface area contributed by atoms with Gasteiger partial charge in [-0.2, -0.15) is 0 Å². The van der Waals surface area contributed by atoms with E-state index in [1.807, 2.05) is 57.2 Å². The van der Waals surface area contributed by atoms with Crippen molar-refractivity contribution in [2.24, 2.45) is 0 Å². The number of methoxy groups -OCH3 is 1. The number of urea groups is 1. The summed E-state index contributed by atoms with van der Waals surface area (Å²) in [6.07, 6.45) is 0. The first kappa shape index (κ1) is 25.5. The number of fused-ring (bicyclic) bond motifs is 1. The van der Waals surface area contributed by atoms with Crippen LogP contribution in [0.1, 0.15) is 37.0 Å². The van der Waals surface area contributed by atoms with Crippen molar-refractivity contribution < 1.29 is 23.8 Å². The molecule has 0 atom stereocenters. The maximum atomic E-state index is 12.9. The van der Waals surface area contributed by atoms with Crippen molar-refractivity contribution in [2.45, 2.75) is 26.2 Å². The fourth-order valence-electron chi connectivity index (χ4n) is 4.11. The second-order valence-electron chi connectivity index (χ2n) is 9.75. The van der Waals surface area contributed by atoms with Crippen molar-refractivity contribution in [3.8, 4) is 5.75 Å². The second kappa shape index (κ2) is 11.0. The Morgan fingerprint density at radius 1 is 1.03 bits per heavy atom. The SMILES string of the molecule is COC(=O)c1[nH]c(C(C)(C)C)cc1NC(=O)Nc1ccc(OCCN2CCOCC2)c2ccccc12. The first-order valence-electron chi connectivity index (χ1n) is 12.1. The zero-order chi connectivity index (χ0) is 25.7. The lowest BCUT2D eigenvalue weighted by Gasteiger charge is -2.26. The van der Waals surface area contributed by atoms with E-state index in [9.17, 15) is 9.59 Å². The molecule has 1 aromatic heterocycles. The third-order valence-electron chi connectivity index (χ3n) is 6.16. The van der Waals surface area contributed by atoms with Gasteiger partial charge in [0.2, 0.25) is 0 Å². The van der Waals surface area contributed by atoms with Crippen molar-refractivity contribution in [3.05, 3.63) is 53.9 Å². The molecule has 3 N–H and O–H groups in total. The average Bonchev–Trinajstić information content (AvgIpc) is 3.29. The van der Waals surface area contributed by atoms with Gasteiger partial charge in [-0.3, -0.25) is 4.90 Å². The van der Waals surface area contributed by atoms with Gasteiger partial charge in [-0.05, 0) is 18.2 Å². The van der Waals surface area contributed by atoms with E-state index in [1.165, 1.54) is 7.11 Å². The van der Waals surface area contributed by atoms with E-state index in [1.54, 1.807) is 6.07 Å². The maximum Gasteiger partial charge on any atom is 0.356 e. The van der Waals surface area contributed by atoms with E-state index in [-0.39, 0.29) is 11.1 Å². The van der Waals surface area contributed by atoms with Crippen molar-refractivity contribution in [1.29, 1.82) is 0 Å². The molecule has 9 heteroatoms. The fourth-order valence-corrected chi connectivity index (χ4v) is 4.11. The number of amides is 2. The molecular formula is C27H34N4O5. The van der Waals surface area contributed by atoms with Gasteiger partial charge in [-0.25, -0.2) is 9.59 Å². The van der Waals surface area contributed by atoms with E-state index in [4.69, 9.17) is 14.2 Å². The summed E-state index contributed by atoms with van der Waals surface area (Å²) in [7, 11) is 1.31. The van der Waals surface area contributed by atoms with Gasteiger partial charge < -0.3 is 29.8 Å². The monoisotopic (exact) mass is 494 g/mol. The number of anilines is 2. The minimum Gasteiger partial charge on any atom is -0.492 e. The van der Waals surface area contributed by atoms with E-state index >= 15 is 0 Å². The molecule has 3 aromatic rings. The van der Waals surface area contributed by atoms with Crippen molar-refractivity contribution in [1.82, 2.24) is 9.88 Å². The summed E-state index contributed by atoms with van der Waals surface area (Å²) in [5.41, 5.74) is 1.76. The summed E-state index contributed by atoms with van der Waals surface area (Å²) in [6.45, 7) is 10.8. The molecule has 0 saturated carbocycles. The highest BCUT2D eigenvalue weighted by molar-refractivity contribution is 6.09. The average molecular weight is 495 g/mol. The minimum atomic E-state index is -0.551. The van der Waals surface area contributed by atoms with E-state index < -0.39 is 12.0 Å². The van der Waals surface area contributed by atoms with Gasteiger partial charge in [0.25, 0.3) is 0 Å². The van der Waals surface area contributed by atoms with Crippen LogP contribution in [-0.4, -0.2) is 68.4 Å². The summed E-state index contributed by atoms with van der Waals surface area (Å²) in [6, 6.07) is 12.8. The highest BCUT2D eigenvalue weighted by Gasteiger charge is 2.24. The Morgan fingerprint density at radius 2 is 1.72 bits per heavy atom. The fraction of sp³-hybridized carbons (Fsp3) is 0.407. The van der Waals surface area contributed by atoms with Crippen LogP contribution in [0.3, 0.4) is 0 Å². The van der Waals surface area contributed by atoms with Gasteiger partial charge in [-0.15, -0.1) is 0 Å². The third kappa shape index (κ3) is 5.98. The first-order chi connectivity index (χ1) is 17.3. The Hall–Kier alpha value is -3.56. The molecule has 0 spiro atoms. The van der Waals surface area contributed by atoms with E-state index in [0.29, 0.717) is 18.0 Å². The van der Waals surface area contributed by atoms with E-state index in [2.05, 4.69) is 20.5 Å². The molecule has 1 saturated heterocycles. The first-order valence-corrected chi connectivity index (χ1v) is 12.1. The Balaban J connectivity index is 1.48. The molecule has 1 fully saturated rings. The molecule has 0 aliphatic carbocycles. The second-order valence-corrected chi connectivity index (χ2v) is 9.75. The number of hydrogen-bond donors (Lipinski definition) is 3. The Labute approximate surface area is 211 Å². The number of aromatic nitrogens is 1. The van der Waals surface area contributed by atoms with Gasteiger partial charge in [0.05, 0.1) is 31.7 Å². The van der Waals surface area contributed by atoms with Gasteiger partial charge in [0, 0.05) is 41.5 Å². The molecule has 9 nitrogen and oxygen atoms in total. The zero-order valence-electron chi connectivity index (χ0n) is 21.3. The molecule has 1 aliphatic heterocycles. The molecule has 0 radical (unpaired) electrons. The summed E-state index contributed by atoms with van der Waals surface area (Å²) in [5.74, 6) is 0.211. The van der Waals surface area contributed by atoms with Crippen LogP contribution in [0, 0.1) is 0 Å². The van der Waals surface area contributed by atoms with Crippen LogP contribution in [0.5, 0.6) is 5.75 Å². The smallest absolute Gasteiger partial charge is 0.356 e. The lowest BCUT2D eigenvalue weighted by atomic mass is 9.92. The molecule has 2 aromatic carbocycles. The Kier molecular flexibility index (Phi) is 7.81. The molecular weight excluding hydrogens is 460 g/mol. The molecule has 4 rings (SSSR count). The highest BCUT2D eigenvalue weighted by atomic mass is 16.5. The topological polar surface area (TPSA) is 105 Å². The van der Waals surface area contributed by atoms with Crippen LogP contribution < -0.4 is 15.4 Å². The number of carbonyl (C=O) groups excluding carboxylic acids is 2. The van der Waals surface area contributed by atoms with Gasteiger partial charge >= 0.3 is 12.0 Å². The summed E-state index contributed by atoms with van der Waals surface area (Å²) in [5, 5.41) is 7.46. The predicted octanol–water partition coefficient (Wildman–Crippen LogP) is 4.61. The number of hydrogen-bond acceptors (Lipinski definition) is 6. The third-order valence-corrected chi connectivity index (χ3v) is 6.16. The van der Waals surface area contributed by atoms with Gasteiger partial charge in [0.15, 0.2) is 0 Å². The lowest BCUT2D eigenvalue weighted by Crippen LogP contribution is -2.38. The number of esters is 1. The quantitative estimate of drug-likeness (QED) is 0.415. The molecule has 2 amide bonds. The maximum absolute atomic E-state index is 12.9. The predicted molar refractivity (Wildman–Crippen MR) is 140 cm³/mol. The Bertz CT molecular complexity index is 1220. The normalized spacial score (nSPS) is 14.4. The number of nitrogens with zero attached hydrogens (tertiary/aromatic N) is 1. The molecule has 192 valence electrons. The lowest BCUT2D eigenvalue weighted by molar-refractivity contribution is 0.0323. The van der Waals surface area contributed by atoms with Crippen molar-refractivity contribution >= 4 is 34.1 Å². The number of ether oxygens (including phenoxy) is 3. The van der Waals surface area contributed by atoms with Crippen LogP contribution in [0.15, 0.2) is 42.5 Å². The van der Waals surface area contributed by atoms with Crippen molar-refractivity contribution in [2.75, 3.05) is 57.2 Å². The van der Waals surface area contributed by atoms with Gasteiger partial charge in [0.1, 0.15) is 18.1 Å². The van der Waals surface area contributed by atoms with Crippen LogP contribution in [-0.2, 0) is 14.9 Å². The molecule has 36 heavy (non-hydrogen) atoms. The van der Waals surface area contributed by atoms with Crippen LogP contribution in [0.25, 0.3) is 10.8 Å². The number of H-pyrrole nitrogens is 1. The number of carbonyl (C=O) groups is 2. The number of morpholine rings is 1. The van der Waals surface area contributed by atoms with Crippen LogP contribution in [0.4, 0.5) is 16.2 Å². The molecule has 2 heterocycles. The minimum absolute atomic E-state index is 0.200. The largest absolute Gasteiger partial charge is 0.492 e. The standard InChI is InChI=1S/C27H34N4O5/c1-27(2,3)23-17-21(24(30-23)25(32)34-4)29-26(33)28-20-9-10-22(19-8-6-5-7-18(19)20)36-16-13-31-11-14-35-15-12-31/h5-10,17,30H,11-16H2,1-4H3,(H2,28,29,33). The molecule has 1 aliphatic rings. The molecule has 0 unspecified atom stereocenters.